The van der Waals surface area contributed by atoms with Gasteiger partial charge in [0.15, 0.2) is 5.75 Å². The SMILES string of the molecule is COc1c(NC(=O)C2CCOCC2)ccnc1C. The molecule has 1 aliphatic heterocycles. The molecule has 1 saturated heterocycles. The number of hydrogen-bond donors (Lipinski definition) is 1. The number of carbonyl (C=O) groups excluding carboxylic acids is 1. The molecule has 0 radical (unpaired) electrons. The monoisotopic (exact) mass is 250 g/mol. The average molecular weight is 250 g/mol. The second kappa shape index (κ2) is 5.82. The van der Waals surface area contributed by atoms with Gasteiger partial charge in [-0.1, -0.05) is 0 Å². The summed E-state index contributed by atoms with van der Waals surface area (Å²) in [5, 5.41) is 2.91. The molecule has 2 rings (SSSR count). The van der Waals surface area contributed by atoms with Crippen molar-refractivity contribution < 1.29 is 14.3 Å². The van der Waals surface area contributed by atoms with Crippen LogP contribution in [0.1, 0.15) is 18.5 Å². The van der Waals surface area contributed by atoms with E-state index in [-0.39, 0.29) is 11.8 Å². The topological polar surface area (TPSA) is 60.5 Å². The van der Waals surface area contributed by atoms with Crippen molar-refractivity contribution in [2.24, 2.45) is 5.92 Å². The number of carbonyl (C=O) groups is 1. The second-order valence-electron chi connectivity index (χ2n) is 4.35. The first kappa shape index (κ1) is 12.8. The molecule has 0 spiro atoms. The zero-order valence-electron chi connectivity index (χ0n) is 10.7. The van der Waals surface area contributed by atoms with Crippen molar-refractivity contribution in [1.82, 2.24) is 4.98 Å². The second-order valence-corrected chi connectivity index (χ2v) is 4.35. The van der Waals surface area contributed by atoms with Crippen LogP contribution in [0.15, 0.2) is 12.3 Å². The lowest BCUT2D eigenvalue weighted by molar-refractivity contribution is -0.122. The highest BCUT2D eigenvalue weighted by molar-refractivity contribution is 5.94. The molecule has 1 aromatic rings. The number of anilines is 1. The molecule has 1 fully saturated rings. The molecule has 5 nitrogen and oxygen atoms in total. The first-order valence-corrected chi connectivity index (χ1v) is 6.10. The average Bonchev–Trinajstić information content (AvgIpc) is 2.40. The molecule has 0 aromatic carbocycles. The number of aromatic nitrogens is 1. The van der Waals surface area contributed by atoms with Crippen molar-refractivity contribution in [3.05, 3.63) is 18.0 Å². The van der Waals surface area contributed by atoms with E-state index in [1.165, 1.54) is 0 Å². The highest BCUT2D eigenvalue weighted by Crippen LogP contribution is 2.27. The van der Waals surface area contributed by atoms with Gasteiger partial charge < -0.3 is 14.8 Å². The zero-order chi connectivity index (χ0) is 13.0. The highest BCUT2D eigenvalue weighted by Gasteiger charge is 2.22. The Morgan fingerprint density at radius 2 is 2.22 bits per heavy atom. The van der Waals surface area contributed by atoms with E-state index < -0.39 is 0 Å². The molecular weight excluding hydrogens is 232 g/mol. The Morgan fingerprint density at radius 3 is 2.89 bits per heavy atom. The minimum atomic E-state index is 0.0249. The van der Waals surface area contributed by atoms with Crippen LogP contribution in [0, 0.1) is 12.8 Å². The maximum Gasteiger partial charge on any atom is 0.227 e. The lowest BCUT2D eigenvalue weighted by Crippen LogP contribution is -2.28. The number of ether oxygens (including phenoxy) is 2. The van der Waals surface area contributed by atoms with E-state index in [2.05, 4.69) is 10.3 Å². The normalized spacial score (nSPS) is 16.3. The number of amides is 1. The Balaban J connectivity index is 2.08. The van der Waals surface area contributed by atoms with E-state index >= 15 is 0 Å². The molecule has 0 saturated carbocycles. The van der Waals surface area contributed by atoms with Gasteiger partial charge in [0, 0.05) is 25.3 Å². The molecule has 0 bridgehead atoms. The van der Waals surface area contributed by atoms with E-state index in [9.17, 15) is 4.79 Å². The largest absolute Gasteiger partial charge is 0.493 e. The van der Waals surface area contributed by atoms with Crippen LogP contribution >= 0.6 is 0 Å². The smallest absolute Gasteiger partial charge is 0.227 e. The van der Waals surface area contributed by atoms with Gasteiger partial charge in [0.2, 0.25) is 5.91 Å². The molecule has 0 unspecified atom stereocenters. The lowest BCUT2D eigenvalue weighted by Gasteiger charge is -2.21. The van der Waals surface area contributed by atoms with Gasteiger partial charge in [-0.25, -0.2) is 0 Å². The summed E-state index contributed by atoms with van der Waals surface area (Å²) in [6, 6.07) is 1.75. The molecule has 1 N–H and O–H groups in total. The Hall–Kier alpha value is -1.62. The molecule has 1 aromatic heterocycles. The first-order valence-electron chi connectivity index (χ1n) is 6.10. The van der Waals surface area contributed by atoms with Crippen molar-refractivity contribution in [1.29, 1.82) is 0 Å². The van der Waals surface area contributed by atoms with Gasteiger partial charge in [0.1, 0.15) is 0 Å². The summed E-state index contributed by atoms with van der Waals surface area (Å²) in [6.45, 7) is 3.16. The van der Waals surface area contributed by atoms with Gasteiger partial charge in [-0.2, -0.15) is 0 Å². The van der Waals surface area contributed by atoms with Gasteiger partial charge in [0.05, 0.1) is 18.5 Å². The predicted molar refractivity (Wildman–Crippen MR) is 67.7 cm³/mol. The van der Waals surface area contributed by atoms with Gasteiger partial charge in [-0.3, -0.25) is 9.78 Å². The summed E-state index contributed by atoms with van der Waals surface area (Å²) in [5.74, 6) is 0.678. The summed E-state index contributed by atoms with van der Waals surface area (Å²) < 4.78 is 10.5. The Bertz CT molecular complexity index is 428. The number of pyridine rings is 1. The van der Waals surface area contributed by atoms with E-state index in [4.69, 9.17) is 9.47 Å². The predicted octanol–water partition coefficient (Wildman–Crippen LogP) is 1.76. The van der Waals surface area contributed by atoms with Crippen LogP contribution in [0.2, 0.25) is 0 Å². The summed E-state index contributed by atoms with van der Waals surface area (Å²) in [5.41, 5.74) is 1.45. The van der Waals surface area contributed by atoms with Crippen molar-refractivity contribution in [3.63, 3.8) is 0 Å². The van der Waals surface area contributed by atoms with E-state index in [0.717, 1.165) is 18.5 Å². The third-order valence-electron chi connectivity index (χ3n) is 3.14. The molecular formula is C13H18N2O3. The van der Waals surface area contributed by atoms with Crippen molar-refractivity contribution >= 4 is 11.6 Å². The van der Waals surface area contributed by atoms with Crippen molar-refractivity contribution in [2.75, 3.05) is 25.6 Å². The lowest BCUT2D eigenvalue weighted by atomic mass is 9.99. The van der Waals surface area contributed by atoms with Crippen LogP contribution in [-0.2, 0) is 9.53 Å². The number of hydrogen-bond acceptors (Lipinski definition) is 4. The third-order valence-corrected chi connectivity index (χ3v) is 3.14. The maximum absolute atomic E-state index is 12.1. The summed E-state index contributed by atoms with van der Waals surface area (Å²) in [7, 11) is 1.58. The molecule has 1 aliphatic rings. The molecule has 2 heterocycles. The van der Waals surface area contributed by atoms with Crippen LogP contribution < -0.4 is 10.1 Å². The third kappa shape index (κ3) is 2.79. The Labute approximate surface area is 107 Å². The van der Waals surface area contributed by atoms with Crippen molar-refractivity contribution in [3.8, 4) is 5.75 Å². The standard InChI is InChI=1S/C13H18N2O3/c1-9-12(17-2)11(3-6-14-9)15-13(16)10-4-7-18-8-5-10/h3,6,10H,4-5,7-8H2,1-2H3,(H,14,15,16). The summed E-state index contributed by atoms with van der Waals surface area (Å²) >= 11 is 0. The van der Waals surface area contributed by atoms with Crippen LogP contribution in [0.25, 0.3) is 0 Å². The van der Waals surface area contributed by atoms with Crippen molar-refractivity contribution in [2.45, 2.75) is 19.8 Å². The summed E-state index contributed by atoms with van der Waals surface area (Å²) in [4.78, 5) is 16.2. The van der Waals surface area contributed by atoms with Gasteiger partial charge in [-0.15, -0.1) is 0 Å². The molecule has 98 valence electrons. The number of nitrogens with zero attached hydrogens (tertiary/aromatic N) is 1. The molecule has 0 aliphatic carbocycles. The molecule has 5 heteroatoms. The fraction of sp³-hybridized carbons (Fsp3) is 0.538. The first-order chi connectivity index (χ1) is 8.72. The van der Waals surface area contributed by atoms with E-state index in [0.29, 0.717) is 24.7 Å². The minimum Gasteiger partial charge on any atom is -0.493 e. The molecule has 1 amide bonds. The fourth-order valence-electron chi connectivity index (χ4n) is 2.10. The van der Waals surface area contributed by atoms with E-state index in [1.807, 2.05) is 6.92 Å². The minimum absolute atomic E-state index is 0.0249. The Kier molecular flexibility index (Phi) is 4.15. The van der Waals surface area contributed by atoms with Crippen LogP contribution in [0.3, 0.4) is 0 Å². The Morgan fingerprint density at radius 1 is 1.50 bits per heavy atom. The highest BCUT2D eigenvalue weighted by atomic mass is 16.5. The number of methoxy groups -OCH3 is 1. The van der Waals surface area contributed by atoms with Crippen LogP contribution in [0.5, 0.6) is 5.75 Å². The zero-order valence-corrected chi connectivity index (χ0v) is 10.7. The van der Waals surface area contributed by atoms with E-state index in [1.54, 1.807) is 19.4 Å². The number of nitrogens with one attached hydrogen (secondary N) is 1. The van der Waals surface area contributed by atoms with Gasteiger partial charge in [-0.05, 0) is 25.8 Å². The number of rotatable bonds is 3. The summed E-state index contributed by atoms with van der Waals surface area (Å²) in [6.07, 6.45) is 3.22. The quantitative estimate of drug-likeness (QED) is 0.888. The molecule has 18 heavy (non-hydrogen) atoms. The fourth-order valence-corrected chi connectivity index (χ4v) is 2.10. The van der Waals surface area contributed by atoms with Gasteiger partial charge >= 0.3 is 0 Å². The van der Waals surface area contributed by atoms with Crippen LogP contribution in [0.4, 0.5) is 5.69 Å². The molecule has 0 atom stereocenters. The maximum atomic E-state index is 12.1. The van der Waals surface area contributed by atoms with Crippen LogP contribution in [-0.4, -0.2) is 31.2 Å². The number of aryl methyl sites for hydroxylation is 1. The van der Waals surface area contributed by atoms with Gasteiger partial charge in [0.25, 0.3) is 0 Å².